The summed E-state index contributed by atoms with van der Waals surface area (Å²) in [5.74, 6) is -1.02. The molecule has 1 atom stereocenters. The number of carbonyl (C=O) groups is 3. The average Bonchev–Trinajstić information content (AvgIpc) is 3.38. The number of amides is 2. The maximum absolute atomic E-state index is 12.8. The zero-order chi connectivity index (χ0) is 23.7. The molecule has 1 fully saturated rings. The molecule has 2 amide bonds. The summed E-state index contributed by atoms with van der Waals surface area (Å²) < 4.78 is 7.21. The van der Waals surface area contributed by atoms with Gasteiger partial charge in [0.05, 0.1) is 17.5 Å². The molecule has 3 aromatic rings. The molecule has 4 rings (SSSR count). The molecule has 1 N–H and O–H groups in total. The number of anilines is 2. The van der Waals surface area contributed by atoms with Gasteiger partial charge in [0.1, 0.15) is 0 Å². The molecular formula is C24H27N5O4. The van der Waals surface area contributed by atoms with Gasteiger partial charge in [-0.1, -0.05) is 6.07 Å². The Labute approximate surface area is 191 Å². The summed E-state index contributed by atoms with van der Waals surface area (Å²) in [5.41, 5.74) is 2.75. The Balaban J connectivity index is 1.44. The fourth-order valence-electron chi connectivity index (χ4n) is 3.84. The van der Waals surface area contributed by atoms with Crippen LogP contribution in [0.3, 0.4) is 0 Å². The Morgan fingerprint density at radius 3 is 2.67 bits per heavy atom. The number of fused-ring (bicyclic) bond motifs is 1. The Kier molecular flexibility index (Phi) is 6.13. The average molecular weight is 450 g/mol. The van der Waals surface area contributed by atoms with Crippen LogP contribution in [-0.4, -0.2) is 45.2 Å². The topological polar surface area (TPSA) is 106 Å². The highest BCUT2D eigenvalue weighted by Crippen LogP contribution is 2.25. The fraction of sp³-hybridized carbons (Fsp3) is 0.375. The van der Waals surface area contributed by atoms with Crippen molar-refractivity contribution < 1.29 is 19.1 Å². The monoisotopic (exact) mass is 449 g/mol. The van der Waals surface area contributed by atoms with Crippen LogP contribution in [0.15, 0.2) is 36.5 Å². The number of pyridine rings is 1. The fourth-order valence-corrected chi connectivity index (χ4v) is 3.84. The van der Waals surface area contributed by atoms with Gasteiger partial charge in [0.25, 0.3) is 5.91 Å². The van der Waals surface area contributed by atoms with Gasteiger partial charge in [-0.2, -0.15) is 5.10 Å². The molecule has 33 heavy (non-hydrogen) atoms. The minimum absolute atomic E-state index is 0.0701. The zero-order valence-electron chi connectivity index (χ0n) is 19.2. The van der Waals surface area contributed by atoms with Crippen LogP contribution in [0.5, 0.6) is 0 Å². The lowest BCUT2D eigenvalue weighted by Gasteiger charge is -2.18. The van der Waals surface area contributed by atoms with E-state index in [4.69, 9.17) is 4.74 Å². The summed E-state index contributed by atoms with van der Waals surface area (Å²) in [6, 6.07) is 8.89. The Bertz CT molecular complexity index is 1230. The molecule has 0 radical (unpaired) electrons. The van der Waals surface area contributed by atoms with E-state index in [0.29, 0.717) is 35.6 Å². The summed E-state index contributed by atoms with van der Waals surface area (Å²) in [5, 5.41) is 7.81. The first-order valence-electron chi connectivity index (χ1n) is 11.0. The Morgan fingerprint density at radius 2 is 1.97 bits per heavy atom. The summed E-state index contributed by atoms with van der Waals surface area (Å²) >= 11 is 0. The van der Waals surface area contributed by atoms with Crippen LogP contribution in [0, 0.1) is 6.92 Å². The van der Waals surface area contributed by atoms with Crippen LogP contribution < -0.4 is 10.2 Å². The van der Waals surface area contributed by atoms with Gasteiger partial charge in [0, 0.05) is 35.8 Å². The van der Waals surface area contributed by atoms with Gasteiger partial charge in [-0.15, -0.1) is 0 Å². The second-order valence-electron chi connectivity index (χ2n) is 8.45. The highest BCUT2D eigenvalue weighted by atomic mass is 16.5. The molecule has 1 aliphatic heterocycles. The van der Waals surface area contributed by atoms with Gasteiger partial charge in [-0.05, 0) is 58.4 Å². The number of ether oxygens (including phenoxy) is 1. The van der Waals surface area contributed by atoms with Crippen LogP contribution in [0.1, 0.15) is 55.7 Å². The Morgan fingerprint density at radius 1 is 1.18 bits per heavy atom. The maximum atomic E-state index is 12.8. The lowest BCUT2D eigenvalue weighted by molar-refractivity contribution is -0.123. The minimum atomic E-state index is -1.02. The number of benzene rings is 1. The molecule has 1 saturated heterocycles. The van der Waals surface area contributed by atoms with E-state index in [9.17, 15) is 14.4 Å². The molecule has 9 heteroatoms. The molecule has 0 spiro atoms. The van der Waals surface area contributed by atoms with Gasteiger partial charge in [0.15, 0.2) is 11.8 Å². The van der Waals surface area contributed by atoms with Crippen LogP contribution in [0.2, 0.25) is 0 Å². The normalized spacial score (nSPS) is 14.7. The van der Waals surface area contributed by atoms with E-state index in [1.54, 1.807) is 47.0 Å². The number of rotatable bonds is 6. The lowest BCUT2D eigenvalue weighted by Crippen LogP contribution is -2.30. The van der Waals surface area contributed by atoms with Crippen LogP contribution >= 0.6 is 0 Å². The van der Waals surface area contributed by atoms with Crippen molar-refractivity contribution in [2.45, 2.75) is 52.7 Å². The van der Waals surface area contributed by atoms with E-state index >= 15 is 0 Å². The first-order valence-corrected chi connectivity index (χ1v) is 11.0. The molecule has 1 unspecified atom stereocenters. The Hall–Kier alpha value is -3.75. The maximum Gasteiger partial charge on any atom is 0.340 e. The first-order chi connectivity index (χ1) is 15.7. The van der Waals surface area contributed by atoms with E-state index in [0.717, 1.165) is 17.5 Å². The van der Waals surface area contributed by atoms with Gasteiger partial charge in [-0.25, -0.2) is 14.5 Å². The quantitative estimate of drug-likeness (QED) is 0.576. The van der Waals surface area contributed by atoms with Crippen molar-refractivity contribution in [3.8, 4) is 0 Å². The molecule has 1 aromatic carbocycles. The van der Waals surface area contributed by atoms with Gasteiger partial charge >= 0.3 is 5.97 Å². The predicted octanol–water partition coefficient (Wildman–Crippen LogP) is 3.63. The number of hydrogen-bond acceptors (Lipinski definition) is 6. The molecular weight excluding hydrogens is 422 g/mol. The number of nitrogens with one attached hydrogen (secondary N) is 1. The summed E-state index contributed by atoms with van der Waals surface area (Å²) in [6.45, 7) is 7.91. The van der Waals surface area contributed by atoms with E-state index in [2.05, 4.69) is 15.4 Å². The SMILES string of the molecule is Cc1nc2c(cnn2C(C)C)cc1C(=O)OC(C)C(=O)Nc1cccc(N2CCCC2=O)c1. The third kappa shape index (κ3) is 4.57. The first kappa shape index (κ1) is 22.4. The number of nitrogens with zero attached hydrogens (tertiary/aromatic N) is 4. The van der Waals surface area contributed by atoms with Crippen molar-refractivity contribution >= 4 is 40.2 Å². The second kappa shape index (κ2) is 9.01. The number of carbonyl (C=O) groups excluding carboxylic acids is 3. The van der Waals surface area contributed by atoms with Crippen LogP contribution in [0.4, 0.5) is 11.4 Å². The number of hydrogen-bond donors (Lipinski definition) is 1. The van der Waals surface area contributed by atoms with E-state index < -0.39 is 18.0 Å². The van der Waals surface area contributed by atoms with Crippen molar-refractivity contribution in [3.05, 3.63) is 47.8 Å². The summed E-state index contributed by atoms with van der Waals surface area (Å²) in [6.07, 6.45) is 1.98. The number of aryl methyl sites for hydroxylation is 1. The van der Waals surface area contributed by atoms with Crippen LogP contribution in [-0.2, 0) is 14.3 Å². The molecule has 172 valence electrons. The van der Waals surface area contributed by atoms with E-state index in [1.165, 1.54) is 6.92 Å². The van der Waals surface area contributed by atoms with Crippen molar-refractivity contribution in [1.29, 1.82) is 0 Å². The minimum Gasteiger partial charge on any atom is -0.449 e. The molecule has 0 saturated carbocycles. The molecule has 2 aromatic heterocycles. The molecule has 0 aliphatic carbocycles. The smallest absolute Gasteiger partial charge is 0.340 e. The molecule has 1 aliphatic rings. The highest BCUT2D eigenvalue weighted by Gasteiger charge is 2.24. The van der Waals surface area contributed by atoms with Crippen molar-refractivity contribution in [2.24, 2.45) is 0 Å². The predicted molar refractivity (Wildman–Crippen MR) is 124 cm³/mol. The third-order valence-corrected chi connectivity index (χ3v) is 5.62. The van der Waals surface area contributed by atoms with Gasteiger partial charge in [-0.3, -0.25) is 9.59 Å². The van der Waals surface area contributed by atoms with Crippen molar-refractivity contribution in [1.82, 2.24) is 14.8 Å². The summed E-state index contributed by atoms with van der Waals surface area (Å²) in [7, 11) is 0. The van der Waals surface area contributed by atoms with Gasteiger partial charge in [0.2, 0.25) is 5.91 Å². The third-order valence-electron chi connectivity index (χ3n) is 5.62. The lowest BCUT2D eigenvalue weighted by atomic mass is 10.1. The highest BCUT2D eigenvalue weighted by molar-refractivity contribution is 6.00. The van der Waals surface area contributed by atoms with E-state index in [1.807, 2.05) is 19.9 Å². The zero-order valence-corrected chi connectivity index (χ0v) is 19.2. The molecule has 0 bridgehead atoms. The van der Waals surface area contributed by atoms with Gasteiger partial charge < -0.3 is 15.0 Å². The summed E-state index contributed by atoms with van der Waals surface area (Å²) in [4.78, 5) is 43.6. The second-order valence-corrected chi connectivity index (χ2v) is 8.45. The largest absolute Gasteiger partial charge is 0.449 e. The standard InChI is InChI=1S/C24H27N5O4/c1-14(2)29-22-17(13-25-29)11-20(15(3)26-22)24(32)33-16(4)23(31)27-18-7-5-8-19(12-18)28-10-6-9-21(28)30/h5,7-8,11-14,16H,6,9-10H2,1-4H3,(H,27,31). The van der Waals surface area contributed by atoms with Crippen molar-refractivity contribution in [2.75, 3.05) is 16.8 Å². The van der Waals surface area contributed by atoms with Crippen molar-refractivity contribution in [3.63, 3.8) is 0 Å². The van der Waals surface area contributed by atoms with Crippen LogP contribution in [0.25, 0.3) is 11.0 Å². The van der Waals surface area contributed by atoms with E-state index in [-0.39, 0.29) is 11.9 Å². The number of esters is 1. The molecule has 9 nitrogen and oxygen atoms in total. The molecule has 3 heterocycles. The number of aromatic nitrogens is 3.